The first kappa shape index (κ1) is 16.2. The monoisotopic (exact) mass is 309 g/mol. The van der Waals surface area contributed by atoms with Crippen LogP contribution in [0.1, 0.15) is 55.8 Å². The van der Waals surface area contributed by atoms with Gasteiger partial charge in [0.05, 0.1) is 4.90 Å². The predicted octanol–water partition coefficient (Wildman–Crippen LogP) is 3.23. The SMILES string of the molecule is CCCC(=O)c1ccc(S(=O)(=O)N2CCCCCC2)cc1. The van der Waals surface area contributed by atoms with E-state index in [1.54, 1.807) is 28.6 Å². The Balaban J connectivity index is 2.18. The van der Waals surface area contributed by atoms with Crippen molar-refractivity contribution in [2.45, 2.75) is 50.3 Å². The molecule has 2 rings (SSSR count). The van der Waals surface area contributed by atoms with E-state index in [4.69, 9.17) is 0 Å². The fourth-order valence-corrected chi connectivity index (χ4v) is 4.13. The lowest BCUT2D eigenvalue weighted by Crippen LogP contribution is -2.31. The van der Waals surface area contributed by atoms with Crippen LogP contribution in [0.2, 0.25) is 0 Å². The van der Waals surface area contributed by atoms with Crippen molar-refractivity contribution in [3.8, 4) is 0 Å². The fourth-order valence-electron chi connectivity index (χ4n) is 2.62. The molecule has 0 bridgehead atoms. The number of nitrogens with zero attached hydrogens (tertiary/aromatic N) is 1. The summed E-state index contributed by atoms with van der Waals surface area (Å²) in [6.07, 6.45) is 5.33. The molecular formula is C16H23NO3S. The van der Waals surface area contributed by atoms with Crippen molar-refractivity contribution < 1.29 is 13.2 Å². The van der Waals surface area contributed by atoms with Gasteiger partial charge in [-0.2, -0.15) is 4.31 Å². The number of sulfonamides is 1. The molecule has 1 aliphatic rings. The molecule has 116 valence electrons. The van der Waals surface area contributed by atoms with E-state index in [0.29, 0.717) is 25.1 Å². The Labute approximate surface area is 127 Å². The molecule has 0 atom stereocenters. The maximum Gasteiger partial charge on any atom is 0.243 e. The summed E-state index contributed by atoms with van der Waals surface area (Å²) < 4.78 is 26.7. The van der Waals surface area contributed by atoms with E-state index in [9.17, 15) is 13.2 Å². The Bertz CT molecular complexity index is 570. The first-order valence-electron chi connectivity index (χ1n) is 7.69. The number of hydrogen-bond acceptors (Lipinski definition) is 3. The molecule has 0 radical (unpaired) electrons. The summed E-state index contributed by atoms with van der Waals surface area (Å²) >= 11 is 0. The van der Waals surface area contributed by atoms with E-state index in [1.807, 2.05) is 6.92 Å². The Morgan fingerprint density at radius 2 is 1.62 bits per heavy atom. The molecule has 0 saturated carbocycles. The van der Waals surface area contributed by atoms with Crippen molar-refractivity contribution in [2.24, 2.45) is 0 Å². The molecule has 0 N–H and O–H groups in total. The number of ketones is 1. The van der Waals surface area contributed by atoms with Crippen LogP contribution in [0, 0.1) is 0 Å². The summed E-state index contributed by atoms with van der Waals surface area (Å²) in [7, 11) is -3.42. The minimum Gasteiger partial charge on any atom is -0.294 e. The normalized spacial score (nSPS) is 17.4. The molecule has 0 aromatic heterocycles. The van der Waals surface area contributed by atoms with E-state index < -0.39 is 10.0 Å². The van der Waals surface area contributed by atoms with Crippen LogP contribution in [0.3, 0.4) is 0 Å². The molecule has 21 heavy (non-hydrogen) atoms. The Morgan fingerprint density at radius 3 is 2.14 bits per heavy atom. The third-order valence-electron chi connectivity index (χ3n) is 3.86. The van der Waals surface area contributed by atoms with Crippen LogP contribution in [0.15, 0.2) is 29.2 Å². The second-order valence-corrected chi connectivity index (χ2v) is 7.45. The lowest BCUT2D eigenvalue weighted by molar-refractivity contribution is 0.0981. The topological polar surface area (TPSA) is 54.5 Å². The lowest BCUT2D eigenvalue weighted by atomic mass is 10.1. The smallest absolute Gasteiger partial charge is 0.243 e. The van der Waals surface area contributed by atoms with Gasteiger partial charge < -0.3 is 0 Å². The highest BCUT2D eigenvalue weighted by atomic mass is 32.2. The van der Waals surface area contributed by atoms with E-state index in [0.717, 1.165) is 32.1 Å². The van der Waals surface area contributed by atoms with E-state index in [-0.39, 0.29) is 10.7 Å². The van der Waals surface area contributed by atoms with Gasteiger partial charge in [-0.1, -0.05) is 31.9 Å². The van der Waals surface area contributed by atoms with E-state index in [2.05, 4.69) is 0 Å². The molecular weight excluding hydrogens is 286 g/mol. The molecule has 0 amide bonds. The van der Waals surface area contributed by atoms with Gasteiger partial charge in [0.2, 0.25) is 10.0 Å². The van der Waals surface area contributed by atoms with Crippen LogP contribution in [0.5, 0.6) is 0 Å². The molecule has 1 aromatic carbocycles. The molecule has 0 aliphatic carbocycles. The van der Waals surface area contributed by atoms with Crippen LogP contribution >= 0.6 is 0 Å². The van der Waals surface area contributed by atoms with Crippen molar-refractivity contribution >= 4 is 15.8 Å². The lowest BCUT2D eigenvalue weighted by Gasteiger charge is -2.20. The highest BCUT2D eigenvalue weighted by Crippen LogP contribution is 2.21. The van der Waals surface area contributed by atoms with Gasteiger partial charge in [0.1, 0.15) is 0 Å². The van der Waals surface area contributed by atoms with Crippen LogP contribution in [0.25, 0.3) is 0 Å². The number of carbonyl (C=O) groups is 1. The highest BCUT2D eigenvalue weighted by Gasteiger charge is 2.25. The van der Waals surface area contributed by atoms with E-state index in [1.165, 1.54) is 0 Å². The zero-order valence-corrected chi connectivity index (χ0v) is 13.4. The van der Waals surface area contributed by atoms with Gasteiger partial charge in [-0.15, -0.1) is 0 Å². The average molecular weight is 309 g/mol. The highest BCUT2D eigenvalue weighted by molar-refractivity contribution is 7.89. The second-order valence-electron chi connectivity index (χ2n) is 5.52. The Hall–Kier alpha value is -1.20. The number of Topliss-reactive ketones (excluding diaryl/α,β-unsaturated/α-hetero) is 1. The molecule has 1 heterocycles. The van der Waals surface area contributed by atoms with Gasteiger partial charge in [0, 0.05) is 25.1 Å². The molecule has 1 fully saturated rings. The Kier molecular flexibility index (Phi) is 5.53. The third-order valence-corrected chi connectivity index (χ3v) is 5.77. The van der Waals surface area contributed by atoms with Gasteiger partial charge >= 0.3 is 0 Å². The van der Waals surface area contributed by atoms with Crippen molar-refractivity contribution in [3.05, 3.63) is 29.8 Å². The zero-order valence-electron chi connectivity index (χ0n) is 12.5. The Morgan fingerprint density at radius 1 is 1.05 bits per heavy atom. The van der Waals surface area contributed by atoms with Crippen LogP contribution in [0.4, 0.5) is 0 Å². The largest absolute Gasteiger partial charge is 0.294 e. The van der Waals surface area contributed by atoms with Gasteiger partial charge in [-0.05, 0) is 31.4 Å². The summed E-state index contributed by atoms with van der Waals surface area (Å²) in [4.78, 5) is 12.1. The summed E-state index contributed by atoms with van der Waals surface area (Å²) in [5.41, 5.74) is 0.590. The first-order valence-corrected chi connectivity index (χ1v) is 9.13. The minimum atomic E-state index is -3.42. The molecule has 1 aromatic rings. The molecule has 1 aliphatic heterocycles. The first-order chi connectivity index (χ1) is 10.1. The maximum absolute atomic E-state index is 12.6. The van der Waals surface area contributed by atoms with Crippen molar-refractivity contribution in [3.63, 3.8) is 0 Å². The molecule has 0 unspecified atom stereocenters. The summed E-state index contributed by atoms with van der Waals surface area (Å²) in [5, 5.41) is 0. The molecule has 4 nitrogen and oxygen atoms in total. The number of benzene rings is 1. The average Bonchev–Trinajstić information content (AvgIpc) is 2.77. The molecule has 1 saturated heterocycles. The number of rotatable bonds is 5. The standard InChI is InChI=1S/C16H23NO3S/c1-2-7-16(18)14-8-10-15(11-9-14)21(19,20)17-12-5-3-4-6-13-17/h8-11H,2-7,12-13H2,1H3. The number of carbonyl (C=O) groups excluding carboxylic acids is 1. The van der Waals surface area contributed by atoms with E-state index >= 15 is 0 Å². The van der Waals surface area contributed by atoms with Gasteiger partial charge in [0.15, 0.2) is 5.78 Å². The molecule has 5 heteroatoms. The summed E-state index contributed by atoms with van der Waals surface area (Å²) in [5.74, 6) is 0.0659. The summed E-state index contributed by atoms with van der Waals surface area (Å²) in [6.45, 7) is 3.15. The van der Waals surface area contributed by atoms with Crippen LogP contribution in [-0.2, 0) is 10.0 Å². The third kappa shape index (κ3) is 3.92. The quantitative estimate of drug-likeness (QED) is 0.785. The fraction of sp³-hybridized carbons (Fsp3) is 0.562. The second kappa shape index (κ2) is 7.18. The van der Waals surface area contributed by atoms with Gasteiger partial charge in [-0.3, -0.25) is 4.79 Å². The predicted molar refractivity (Wildman–Crippen MR) is 82.9 cm³/mol. The summed E-state index contributed by atoms with van der Waals surface area (Å²) in [6, 6.07) is 6.37. The number of hydrogen-bond donors (Lipinski definition) is 0. The van der Waals surface area contributed by atoms with Gasteiger partial charge in [0.25, 0.3) is 0 Å². The zero-order chi connectivity index (χ0) is 15.3. The van der Waals surface area contributed by atoms with Crippen molar-refractivity contribution in [1.82, 2.24) is 4.31 Å². The van der Waals surface area contributed by atoms with Crippen LogP contribution in [-0.4, -0.2) is 31.6 Å². The minimum absolute atomic E-state index is 0.0659. The van der Waals surface area contributed by atoms with Gasteiger partial charge in [-0.25, -0.2) is 8.42 Å². The molecule has 0 spiro atoms. The van der Waals surface area contributed by atoms with Crippen molar-refractivity contribution in [1.29, 1.82) is 0 Å². The van der Waals surface area contributed by atoms with Crippen molar-refractivity contribution in [2.75, 3.05) is 13.1 Å². The van der Waals surface area contributed by atoms with Crippen LogP contribution < -0.4 is 0 Å². The maximum atomic E-state index is 12.6.